The van der Waals surface area contributed by atoms with Crippen LogP contribution in [-0.2, 0) is 7.05 Å². The monoisotopic (exact) mass is 358 g/mol. The van der Waals surface area contributed by atoms with Gasteiger partial charge in [0, 0.05) is 18.8 Å². The molecular weight excluding hydrogens is 340 g/mol. The molecule has 0 saturated heterocycles. The van der Waals surface area contributed by atoms with Gasteiger partial charge in [-0.05, 0) is 35.9 Å². The van der Waals surface area contributed by atoms with Crippen molar-refractivity contribution in [3.05, 3.63) is 100 Å². The molecule has 4 aromatic rings. The van der Waals surface area contributed by atoms with Gasteiger partial charge in [0.05, 0.1) is 22.8 Å². The quantitative estimate of drug-likeness (QED) is 0.589. The molecule has 4 rings (SSSR count). The second-order valence-electron chi connectivity index (χ2n) is 6.29. The van der Waals surface area contributed by atoms with Gasteiger partial charge in [-0.15, -0.1) is 0 Å². The van der Waals surface area contributed by atoms with E-state index in [0.717, 1.165) is 16.8 Å². The van der Waals surface area contributed by atoms with Crippen molar-refractivity contribution < 1.29 is 4.79 Å². The predicted octanol–water partition coefficient (Wildman–Crippen LogP) is 2.78. The molecule has 134 valence electrons. The molecule has 0 bridgehead atoms. The predicted molar refractivity (Wildman–Crippen MR) is 104 cm³/mol. The van der Waals surface area contributed by atoms with E-state index in [1.54, 1.807) is 31.4 Å². The van der Waals surface area contributed by atoms with Gasteiger partial charge in [0.25, 0.3) is 5.91 Å². The van der Waals surface area contributed by atoms with Crippen molar-refractivity contribution in [2.75, 3.05) is 0 Å². The zero-order valence-corrected chi connectivity index (χ0v) is 14.7. The number of imidazole rings is 1. The largest absolute Gasteiger partial charge is 0.340 e. The van der Waals surface area contributed by atoms with Crippen molar-refractivity contribution in [3.8, 4) is 0 Å². The van der Waals surface area contributed by atoms with Crippen molar-refractivity contribution in [1.29, 1.82) is 0 Å². The van der Waals surface area contributed by atoms with Crippen LogP contribution in [0, 0.1) is 0 Å². The molecule has 1 amide bonds. The highest BCUT2D eigenvalue weighted by atomic mass is 16.2. The van der Waals surface area contributed by atoms with Crippen LogP contribution >= 0.6 is 0 Å². The average molecular weight is 358 g/mol. The molecular formula is C21H18N4O2. The van der Waals surface area contributed by atoms with Crippen molar-refractivity contribution in [2.45, 2.75) is 6.04 Å². The van der Waals surface area contributed by atoms with Crippen LogP contribution in [0.2, 0.25) is 0 Å². The minimum absolute atomic E-state index is 0.210. The molecule has 0 spiro atoms. The Balaban J connectivity index is 1.69. The summed E-state index contributed by atoms with van der Waals surface area (Å²) in [6.45, 7) is 0. The van der Waals surface area contributed by atoms with Crippen LogP contribution in [0.3, 0.4) is 0 Å². The summed E-state index contributed by atoms with van der Waals surface area (Å²) in [6.07, 6.45) is 1.71. The van der Waals surface area contributed by atoms with E-state index in [4.69, 9.17) is 0 Å². The summed E-state index contributed by atoms with van der Waals surface area (Å²) in [5.74, 6) is -0.235. The Morgan fingerprint density at radius 3 is 2.59 bits per heavy atom. The molecule has 0 saturated carbocycles. The minimum atomic E-state index is -0.370. The van der Waals surface area contributed by atoms with E-state index < -0.39 is 0 Å². The zero-order chi connectivity index (χ0) is 18.8. The van der Waals surface area contributed by atoms with E-state index >= 15 is 0 Å². The molecule has 2 aromatic heterocycles. The van der Waals surface area contributed by atoms with Crippen LogP contribution in [-0.4, -0.2) is 20.4 Å². The smallest absolute Gasteiger partial charge is 0.326 e. The van der Waals surface area contributed by atoms with E-state index in [2.05, 4.69) is 15.3 Å². The Hall–Kier alpha value is -3.67. The lowest BCUT2D eigenvalue weighted by molar-refractivity contribution is 0.0942. The summed E-state index contributed by atoms with van der Waals surface area (Å²) in [5.41, 5.74) is 3.34. The van der Waals surface area contributed by atoms with Gasteiger partial charge in [-0.1, -0.05) is 36.4 Å². The number of hydrogen-bond acceptors (Lipinski definition) is 3. The average Bonchev–Trinajstić information content (AvgIpc) is 3.00. The highest BCUT2D eigenvalue weighted by Gasteiger charge is 2.19. The molecule has 6 nitrogen and oxygen atoms in total. The van der Waals surface area contributed by atoms with Crippen LogP contribution in [0.4, 0.5) is 0 Å². The molecule has 6 heteroatoms. The van der Waals surface area contributed by atoms with Gasteiger partial charge in [-0.2, -0.15) is 0 Å². The first-order valence-electron chi connectivity index (χ1n) is 8.59. The molecule has 2 N–H and O–H groups in total. The van der Waals surface area contributed by atoms with Crippen molar-refractivity contribution in [1.82, 2.24) is 19.9 Å². The fourth-order valence-electron chi connectivity index (χ4n) is 3.11. The molecule has 0 aliphatic heterocycles. The number of aryl methyl sites for hydroxylation is 1. The van der Waals surface area contributed by atoms with Gasteiger partial charge in [0.15, 0.2) is 0 Å². The summed E-state index contributed by atoms with van der Waals surface area (Å²) in [6, 6.07) is 20.1. The van der Waals surface area contributed by atoms with Gasteiger partial charge in [-0.3, -0.25) is 14.3 Å². The Kier molecular flexibility index (Phi) is 4.30. The Labute approximate surface area is 155 Å². The fourth-order valence-corrected chi connectivity index (χ4v) is 3.11. The summed E-state index contributed by atoms with van der Waals surface area (Å²) in [7, 11) is 1.69. The highest BCUT2D eigenvalue weighted by molar-refractivity contribution is 5.97. The van der Waals surface area contributed by atoms with Crippen LogP contribution in [0.5, 0.6) is 0 Å². The topological polar surface area (TPSA) is 79.8 Å². The minimum Gasteiger partial charge on any atom is -0.340 e. The van der Waals surface area contributed by atoms with Gasteiger partial charge < -0.3 is 10.3 Å². The number of H-pyrrole nitrogens is 1. The second-order valence-corrected chi connectivity index (χ2v) is 6.29. The van der Waals surface area contributed by atoms with E-state index in [1.807, 2.05) is 48.5 Å². The fraction of sp³-hybridized carbons (Fsp3) is 0.0952. The van der Waals surface area contributed by atoms with Gasteiger partial charge in [0.2, 0.25) is 0 Å². The number of rotatable bonds is 4. The number of aromatic amines is 1. The number of hydrogen-bond donors (Lipinski definition) is 2. The zero-order valence-electron chi connectivity index (χ0n) is 14.7. The summed E-state index contributed by atoms with van der Waals surface area (Å²) < 4.78 is 1.51. The molecule has 2 heterocycles. The third-order valence-corrected chi connectivity index (χ3v) is 4.56. The molecule has 0 fully saturated rings. The normalized spacial score (nSPS) is 12.0. The van der Waals surface area contributed by atoms with E-state index in [-0.39, 0.29) is 17.6 Å². The number of pyridine rings is 1. The first kappa shape index (κ1) is 16.8. The van der Waals surface area contributed by atoms with Crippen molar-refractivity contribution in [2.24, 2.45) is 7.05 Å². The number of nitrogens with zero attached hydrogens (tertiary/aromatic N) is 2. The molecule has 0 unspecified atom stereocenters. The molecule has 2 aromatic carbocycles. The maximum Gasteiger partial charge on any atom is 0.326 e. The maximum atomic E-state index is 12.9. The Morgan fingerprint density at radius 2 is 1.85 bits per heavy atom. The first-order valence-corrected chi connectivity index (χ1v) is 8.59. The summed E-state index contributed by atoms with van der Waals surface area (Å²) in [5, 5.41) is 3.05. The van der Waals surface area contributed by atoms with Crippen LogP contribution in [0.1, 0.15) is 27.7 Å². The number of carbonyl (C=O) groups excluding carboxylic acids is 1. The number of aromatic nitrogens is 3. The van der Waals surface area contributed by atoms with Crippen molar-refractivity contribution >= 4 is 16.9 Å². The Bertz CT molecular complexity index is 1110. The standard InChI is InChI=1S/C21H18N4O2/c1-25-18-11-10-15(13-17(18)23-21(25)27)20(26)24-19(14-7-3-2-4-8-14)16-9-5-6-12-22-16/h2-13,19H,1H3,(H,23,27)(H,24,26)/t19-/m1/s1. The second kappa shape index (κ2) is 6.92. The maximum absolute atomic E-state index is 12.9. The SMILES string of the molecule is Cn1c(=O)[nH]c2cc(C(=O)N[C@H](c3ccccc3)c3ccccn3)ccc21. The number of carbonyl (C=O) groups is 1. The lowest BCUT2D eigenvalue weighted by Gasteiger charge is -2.19. The third-order valence-electron chi connectivity index (χ3n) is 4.56. The highest BCUT2D eigenvalue weighted by Crippen LogP contribution is 2.21. The molecule has 0 aliphatic carbocycles. The van der Waals surface area contributed by atoms with Crippen molar-refractivity contribution in [3.63, 3.8) is 0 Å². The van der Waals surface area contributed by atoms with Gasteiger partial charge in [0.1, 0.15) is 0 Å². The Morgan fingerprint density at radius 1 is 1.07 bits per heavy atom. The number of benzene rings is 2. The van der Waals surface area contributed by atoms with Crippen LogP contribution in [0.25, 0.3) is 11.0 Å². The number of amides is 1. The van der Waals surface area contributed by atoms with E-state index in [1.165, 1.54) is 4.57 Å². The summed E-state index contributed by atoms with van der Waals surface area (Å²) in [4.78, 5) is 31.8. The molecule has 0 aliphatic rings. The van der Waals surface area contributed by atoms with Gasteiger partial charge >= 0.3 is 5.69 Å². The van der Waals surface area contributed by atoms with Gasteiger partial charge in [-0.25, -0.2) is 4.79 Å². The summed E-state index contributed by atoms with van der Waals surface area (Å²) >= 11 is 0. The number of fused-ring (bicyclic) bond motifs is 1. The van der Waals surface area contributed by atoms with Crippen LogP contribution in [0.15, 0.2) is 77.7 Å². The first-order chi connectivity index (χ1) is 13.1. The molecule has 1 atom stereocenters. The molecule has 0 radical (unpaired) electrons. The molecule has 27 heavy (non-hydrogen) atoms. The van der Waals surface area contributed by atoms with E-state index in [9.17, 15) is 9.59 Å². The van der Waals surface area contributed by atoms with Crippen LogP contribution < -0.4 is 11.0 Å². The van der Waals surface area contributed by atoms with E-state index in [0.29, 0.717) is 11.1 Å². The third kappa shape index (κ3) is 3.25. The lowest BCUT2D eigenvalue weighted by atomic mass is 10.0. The lowest BCUT2D eigenvalue weighted by Crippen LogP contribution is -2.29. The number of nitrogens with one attached hydrogen (secondary N) is 2.